The van der Waals surface area contributed by atoms with Crippen LogP contribution in [0.5, 0.6) is 0 Å². The normalized spacial score (nSPS) is 23.6. The third-order valence-electron chi connectivity index (χ3n) is 4.92. The largest absolute Gasteiger partial charge is 0.480 e. The van der Waals surface area contributed by atoms with E-state index in [1.807, 2.05) is 0 Å². The van der Waals surface area contributed by atoms with Gasteiger partial charge in [0.15, 0.2) is 6.04 Å². The molecule has 130 valence electrons. The summed E-state index contributed by atoms with van der Waals surface area (Å²) >= 11 is 0. The zero-order valence-corrected chi connectivity index (χ0v) is 13.6. The molecule has 1 amide bonds. The lowest BCUT2D eigenvalue weighted by molar-refractivity contribution is -0.143. The SMILES string of the molecule is CCN1CCC2(CC1)OCC(C(=O)O)N2C(=O)c1cccc(F)c1. The highest BCUT2D eigenvalue weighted by atomic mass is 19.1. The fraction of sp³-hybridized carbons (Fsp3) is 0.529. The van der Waals surface area contributed by atoms with E-state index in [0.717, 1.165) is 25.7 Å². The van der Waals surface area contributed by atoms with Crippen LogP contribution in [0.4, 0.5) is 4.39 Å². The molecule has 2 fully saturated rings. The van der Waals surface area contributed by atoms with Crippen LogP contribution in [0.25, 0.3) is 0 Å². The molecule has 0 aromatic heterocycles. The number of halogens is 1. The third-order valence-corrected chi connectivity index (χ3v) is 4.92. The van der Waals surface area contributed by atoms with Crippen molar-refractivity contribution in [2.75, 3.05) is 26.2 Å². The van der Waals surface area contributed by atoms with Crippen molar-refractivity contribution in [2.45, 2.75) is 31.5 Å². The fourth-order valence-electron chi connectivity index (χ4n) is 3.53. The van der Waals surface area contributed by atoms with E-state index in [1.165, 1.54) is 23.1 Å². The molecule has 1 unspecified atom stereocenters. The smallest absolute Gasteiger partial charge is 0.328 e. The molecule has 0 aliphatic carbocycles. The van der Waals surface area contributed by atoms with E-state index in [9.17, 15) is 19.1 Å². The average molecular weight is 336 g/mol. The van der Waals surface area contributed by atoms with Crippen molar-refractivity contribution in [3.63, 3.8) is 0 Å². The quantitative estimate of drug-likeness (QED) is 0.907. The molecule has 0 radical (unpaired) electrons. The number of carboxylic acids is 1. The van der Waals surface area contributed by atoms with E-state index in [2.05, 4.69) is 11.8 Å². The van der Waals surface area contributed by atoms with Crippen LogP contribution in [-0.4, -0.2) is 64.8 Å². The first kappa shape index (κ1) is 16.9. The Morgan fingerprint density at radius 2 is 2.08 bits per heavy atom. The van der Waals surface area contributed by atoms with E-state index in [1.54, 1.807) is 0 Å². The minimum absolute atomic E-state index is 0.0392. The molecule has 2 aliphatic rings. The van der Waals surface area contributed by atoms with Crippen molar-refractivity contribution in [3.05, 3.63) is 35.6 Å². The highest BCUT2D eigenvalue weighted by molar-refractivity contribution is 5.97. The monoisotopic (exact) mass is 336 g/mol. The Bertz CT molecular complexity index is 643. The lowest BCUT2D eigenvalue weighted by Crippen LogP contribution is -2.58. The predicted octanol–water partition coefficient (Wildman–Crippen LogP) is 1.56. The lowest BCUT2D eigenvalue weighted by Gasteiger charge is -2.44. The first-order valence-corrected chi connectivity index (χ1v) is 8.15. The van der Waals surface area contributed by atoms with Crippen LogP contribution in [0.15, 0.2) is 24.3 Å². The number of nitrogens with zero attached hydrogens (tertiary/aromatic N) is 2. The van der Waals surface area contributed by atoms with Gasteiger partial charge in [-0.2, -0.15) is 0 Å². The number of amides is 1. The van der Waals surface area contributed by atoms with Gasteiger partial charge in [0, 0.05) is 31.5 Å². The van der Waals surface area contributed by atoms with Gasteiger partial charge in [-0.15, -0.1) is 0 Å². The molecule has 2 aliphatic heterocycles. The Labute approximate surface area is 139 Å². The standard InChI is InChI=1S/C17H21FN2O4/c1-2-19-8-6-17(7-9-19)20(14(11-24-17)16(22)23)15(21)12-4-3-5-13(18)10-12/h3-5,10,14H,2,6-9,11H2,1H3,(H,22,23). The molecule has 6 nitrogen and oxygen atoms in total. The van der Waals surface area contributed by atoms with E-state index in [4.69, 9.17) is 4.74 Å². The Morgan fingerprint density at radius 3 is 2.67 bits per heavy atom. The molecule has 0 bridgehead atoms. The zero-order chi connectivity index (χ0) is 17.3. The van der Waals surface area contributed by atoms with Crippen LogP contribution >= 0.6 is 0 Å². The molecular formula is C17H21FN2O4. The molecule has 1 aromatic carbocycles. The number of likely N-dealkylation sites (tertiary alicyclic amines) is 1. The third kappa shape index (κ3) is 2.89. The van der Waals surface area contributed by atoms with Gasteiger partial charge >= 0.3 is 5.97 Å². The van der Waals surface area contributed by atoms with E-state index in [-0.39, 0.29) is 12.2 Å². The second-order valence-corrected chi connectivity index (χ2v) is 6.23. The molecule has 7 heteroatoms. The number of aliphatic carboxylic acids is 1. The number of hydrogen-bond donors (Lipinski definition) is 1. The molecule has 2 saturated heterocycles. The van der Waals surface area contributed by atoms with Gasteiger partial charge in [0.25, 0.3) is 5.91 Å². The minimum atomic E-state index is -1.10. The van der Waals surface area contributed by atoms with Crippen molar-refractivity contribution < 1.29 is 23.8 Å². The molecule has 1 aromatic rings. The zero-order valence-electron chi connectivity index (χ0n) is 13.6. The summed E-state index contributed by atoms with van der Waals surface area (Å²) in [6.07, 6.45) is 1.09. The first-order chi connectivity index (χ1) is 11.5. The molecule has 1 N–H and O–H groups in total. The van der Waals surface area contributed by atoms with Crippen molar-refractivity contribution in [1.29, 1.82) is 0 Å². The minimum Gasteiger partial charge on any atom is -0.480 e. The second-order valence-electron chi connectivity index (χ2n) is 6.23. The van der Waals surface area contributed by atoms with Crippen molar-refractivity contribution in [1.82, 2.24) is 9.80 Å². The lowest BCUT2D eigenvalue weighted by atomic mass is 9.96. The summed E-state index contributed by atoms with van der Waals surface area (Å²) in [4.78, 5) is 28.1. The summed E-state index contributed by atoms with van der Waals surface area (Å²) in [5.74, 6) is -2.12. The Hall–Kier alpha value is -1.99. The van der Waals surface area contributed by atoms with E-state index >= 15 is 0 Å². The summed E-state index contributed by atoms with van der Waals surface area (Å²) in [6, 6.07) is 4.28. The second kappa shape index (κ2) is 6.49. The van der Waals surface area contributed by atoms with Gasteiger partial charge in [0.2, 0.25) is 0 Å². The van der Waals surface area contributed by atoms with Gasteiger partial charge in [-0.25, -0.2) is 9.18 Å². The summed E-state index contributed by atoms with van der Waals surface area (Å²) in [5.41, 5.74) is -0.776. The van der Waals surface area contributed by atoms with Crippen LogP contribution in [0, 0.1) is 5.82 Å². The van der Waals surface area contributed by atoms with Crippen LogP contribution < -0.4 is 0 Å². The number of carboxylic acid groups (broad SMARTS) is 1. The predicted molar refractivity (Wildman–Crippen MR) is 84.0 cm³/mol. The summed E-state index contributed by atoms with van der Waals surface area (Å²) < 4.78 is 19.3. The van der Waals surface area contributed by atoms with Crippen LogP contribution in [0.1, 0.15) is 30.1 Å². The summed E-state index contributed by atoms with van der Waals surface area (Å²) in [6.45, 7) is 4.38. The Kier molecular flexibility index (Phi) is 4.56. The van der Waals surface area contributed by atoms with Crippen molar-refractivity contribution >= 4 is 11.9 Å². The van der Waals surface area contributed by atoms with E-state index in [0.29, 0.717) is 12.8 Å². The van der Waals surface area contributed by atoms with E-state index < -0.39 is 29.5 Å². The molecule has 2 heterocycles. The number of carbonyl (C=O) groups excluding carboxylic acids is 1. The molecule has 0 saturated carbocycles. The summed E-state index contributed by atoms with van der Waals surface area (Å²) in [7, 11) is 0. The highest BCUT2D eigenvalue weighted by Gasteiger charge is 2.53. The number of piperidine rings is 1. The van der Waals surface area contributed by atoms with Gasteiger partial charge in [0.1, 0.15) is 11.5 Å². The highest BCUT2D eigenvalue weighted by Crippen LogP contribution is 2.38. The number of benzene rings is 1. The molecule has 1 atom stereocenters. The van der Waals surface area contributed by atoms with Crippen LogP contribution in [-0.2, 0) is 9.53 Å². The van der Waals surface area contributed by atoms with Gasteiger partial charge in [-0.05, 0) is 24.7 Å². The van der Waals surface area contributed by atoms with Crippen LogP contribution in [0.3, 0.4) is 0 Å². The summed E-state index contributed by atoms with van der Waals surface area (Å²) in [5, 5.41) is 9.49. The number of carbonyl (C=O) groups is 2. The van der Waals surface area contributed by atoms with Gasteiger partial charge in [-0.3, -0.25) is 9.69 Å². The van der Waals surface area contributed by atoms with Crippen molar-refractivity contribution in [3.8, 4) is 0 Å². The molecule has 3 rings (SSSR count). The molecule has 24 heavy (non-hydrogen) atoms. The number of rotatable bonds is 3. The topological polar surface area (TPSA) is 70.1 Å². The van der Waals surface area contributed by atoms with Gasteiger partial charge < -0.3 is 14.7 Å². The molecular weight excluding hydrogens is 315 g/mol. The Morgan fingerprint density at radius 1 is 1.38 bits per heavy atom. The maximum Gasteiger partial charge on any atom is 0.328 e. The average Bonchev–Trinajstić information content (AvgIpc) is 2.94. The fourth-order valence-corrected chi connectivity index (χ4v) is 3.53. The number of ether oxygens (including phenoxy) is 1. The molecule has 1 spiro atoms. The first-order valence-electron chi connectivity index (χ1n) is 8.15. The maximum atomic E-state index is 13.5. The Balaban J connectivity index is 1.92. The van der Waals surface area contributed by atoms with Gasteiger partial charge in [-0.1, -0.05) is 13.0 Å². The van der Waals surface area contributed by atoms with Crippen LogP contribution in [0.2, 0.25) is 0 Å². The number of hydrogen-bond acceptors (Lipinski definition) is 4. The van der Waals surface area contributed by atoms with Gasteiger partial charge in [0.05, 0.1) is 6.61 Å². The maximum absolute atomic E-state index is 13.5. The van der Waals surface area contributed by atoms with Crippen molar-refractivity contribution in [2.24, 2.45) is 0 Å².